The molecule has 3 heterocycles. The number of hydrogen-bond donors (Lipinski definition) is 12. The number of nitrogens with one attached hydrogen (secondary N) is 1. The maximum absolute atomic E-state index is 13.3. The van der Waals surface area contributed by atoms with Gasteiger partial charge in [-0.05, 0) is 70.6 Å². The normalized spacial score (nSPS) is 29.0. The molecule has 3 rings (SSSR count). The first kappa shape index (κ1) is 78.5. The Labute approximate surface area is 521 Å². The molecular formula is C68H119NO18. The lowest BCUT2D eigenvalue weighted by Gasteiger charge is -2.48. The number of rotatable bonds is 50. The highest BCUT2D eigenvalue weighted by atomic mass is 16.8. The molecule has 3 aliphatic heterocycles. The van der Waals surface area contributed by atoms with E-state index in [1.807, 2.05) is 6.08 Å². The molecule has 0 aromatic rings. The minimum absolute atomic E-state index is 0.180. The van der Waals surface area contributed by atoms with Gasteiger partial charge in [0.2, 0.25) is 5.91 Å². The van der Waals surface area contributed by atoms with Crippen molar-refractivity contribution in [2.24, 2.45) is 0 Å². The largest absolute Gasteiger partial charge is 0.394 e. The monoisotopic (exact) mass is 1240 g/mol. The van der Waals surface area contributed by atoms with Crippen molar-refractivity contribution >= 4 is 5.91 Å². The van der Waals surface area contributed by atoms with E-state index in [0.29, 0.717) is 12.8 Å². The van der Waals surface area contributed by atoms with Crippen LogP contribution in [0.4, 0.5) is 0 Å². The number of allylic oxidation sites excluding steroid dienone is 11. The van der Waals surface area contributed by atoms with Gasteiger partial charge < -0.3 is 89.9 Å². The molecule has 0 aliphatic carbocycles. The molecule has 0 spiro atoms. The summed E-state index contributed by atoms with van der Waals surface area (Å²) in [5, 5.41) is 120. The molecule has 3 saturated heterocycles. The van der Waals surface area contributed by atoms with E-state index < -0.39 is 124 Å². The zero-order valence-electron chi connectivity index (χ0n) is 53.0. The van der Waals surface area contributed by atoms with Gasteiger partial charge in [-0.3, -0.25) is 4.79 Å². The molecule has 87 heavy (non-hydrogen) atoms. The zero-order valence-corrected chi connectivity index (χ0v) is 53.0. The van der Waals surface area contributed by atoms with Crippen molar-refractivity contribution < 1.29 is 89.4 Å². The van der Waals surface area contributed by atoms with Gasteiger partial charge in [-0.25, -0.2) is 0 Å². The second-order valence-corrected chi connectivity index (χ2v) is 23.9. The van der Waals surface area contributed by atoms with Crippen LogP contribution in [0.3, 0.4) is 0 Å². The minimum atomic E-state index is -1.99. The molecule has 0 saturated carbocycles. The predicted octanol–water partition coefficient (Wildman–Crippen LogP) is 8.16. The summed E-state index contributed by atoms with van der Waals surface area (Å²) in [6.07, 6.45) is 34.8. The van der Waals surface area contributed by atoms with E-state index in [1.165, 1.54) is 128 Å². The van der Waals surface area contributed by atoms with E-state index in [9.17, 15) is 61.0 Å². The third-order valence-corrected chi connectivity index (χ3v) is 16.5. The van der Waals surface area contributed by atoms with Gasteiger partial charge in [0, 0.05) is 6.42 Å². The fourth-order valence-electron chi connectivity index (χ4n) is 11.0. The van der Waals surface area contributed by atoms with Gasteiger partial charge in [0.05, 0.1) is 38.6 Å². The van der Waals surface area contributed by atoms with E-state index in [0.717, 1.165) is 57.8 Å². The summed E-state index contributed by atoms with van der Waals surface area (Å²) in [5.74, 6) is -0.327. The number of carbonyl (C=O) groups excluding carboxylic acids is 1. The Bertz CT molecular complexity index is 1860. The quantitative estimate of drug-likeness (QED) is 0.0202. The molecule has 3 fully saturated rings. The van der Waals surface area contributed by atoms with Crippen LogP contribution in [0, 0.1) is 0 Å². The van der Waals surface area contributed by atoms with Crippen LogP contribution in [0.25, 0.3) is 0 Å². The van der Waals surface area contributed by atoms with Gasteiger partial charge in [0.1, 0.15) is 73.2 Å². The molecule has 0 aromatic carbocycles. The van der Waals surface area contributed by atoms with Gasteiger partial charge in [-0.1, -0.05) is 215 Å². The molecule has 504 valence electrons. The summed E-state index contributed by atoms with van der Waals surface area (Å²) >= 11 is 0. The molecule has 19 nitrogen and oxygen atoms in total. The van der Waals surface area contributed by atoms with Crippen molar-refractivity contribution in [3.05, 3.63) is 72.9 Å². The molecule has 17 atom stereocenters. The Balaban J connectivity index is 1.46. The highest BCUT2D eigenvalue weighted by Gasteiger charge is 2.53. The number of carbonyl (C=O) groups is 1. The van der Waals surface area contributed by atoms with Crippen LogP contribution in [-0.4, -0.2) is 193 Å². The second-order valence-electron chi connectivity index (χ2n) is 23.9. The lowest BCUT2D eigenvalue weighted by Crippen LogP contribution is -2.66. The molecule has 12 N–H and O–H groups in total. The van der Waals surface area contributed by atoms with Crippen LogP contribution in [0.5, 0.6) is 0 Å². The van der Waals surface area contributed by atoms with Crippen molar-refractivity contribution in [2.45, 2.75) is 324 Å². The summed E-state index contributed by atoms with van der Waals surface area (Å²) in [7, 11) is 0. The average molecular weight is 1240 g/mol. The van der Waals surface area contributed by atoms with Crippen molar-refractivity contribution in [1.29, 1.82) is 0 Å². The molecule has 1 amide bonds. The van der Waals surface area contributed by atoms with Crippen molar-refractivity contribution in [2.75, 3.05) is 26.4 Å². The van der Waals surface area contributed by atoms with Gasteiger partial charge in [0.25, 0.3) is 0 Å². The number of aliphatic hydroxyl groups is 11. The number of aliphatic hydroxyl groups excluding tert-OH is 11. The molecular weight excluding hydrogens is 1120 g/mol. The van der Waals surface area contributed by atoms with Crippen LogP contribution in [0.2, 0.25) is 0 Å². The highest BCUT2D eigenvalue weighted by Crippen LogP contribution is 2.33. The standard InChI is InChI=1S/C68H119NO18/c1-3-5-7-9-11-13-15-17-19-20-21-22-23-24-25-26-27-28-29-30-32-33-35-37-39-41-43-45-52(73)51(69-56(74)46-44-42-40-38-36-34-31-18-16-14-12-10-8-6-4-2)50-82-66-62(80)59(77)64(54(48-71)84-66)87-68-63(81)60(78)65(55(49-72)85-68)86-67-61(79)58(76)57(75)53(47-70)83-67/h6,8,12,14,18,31,35-38,43,45,51-55,57-68,70-73,75-81H,3-5,7,9-11,13,15-17,19-30,32-34,39-42,44,46-50H2,1-2H3,(H,69,74)/b8-6-,14-12-,31-18-,37-35+,38-36-,45-43+. The summed E-state index contributed by atoms with van der Waals surface area (Å²) in [6, 6.07) is -1.02. The van der Waals surface area contributed by atoms with E-state index in [1.54, 1.807) is 6.08 Å². The van der Waals surface area contributed by atoms with E-state index >= 15 is 0 Å². The fourth-order valence-corrected chi connectivity index (χ4v) is 11.0. The summed E-state index contributed by atoms with van der Waals surface area (Å²) in [6.45, 7) is 1.56. The molecule has 17 unspecified atom stereocenters. The average Bonchev–Trinajstić information content (AvgIpc) is 2.90. The first-order valence-electron chi connectivity index (χ1n) is 33.7. The van der Waals surface area contributed by atoms with Crippen LogP contribution < -0.4 is 5.32 Å². The van der Waals surface area contributed by atoms with E-state index in [4.69, 9.17) is 28.4 Å². The summed E-state index contributed by atoms with van der Waals surface area (Å²) in [5.41, 5.74) is 0. The number of hydrogen-bond acceptors (Lipinski definition) is 18. The maximum atomic E-state index is 13.3. The minimum Gasteiger partial charge on any atom is -0.394 e. The van der Waals surface area contributed by atoms with Crippen LogP contribution in [-0.2, 0) is 33.2 Å². The molecule has 0 bridgehead atoms. The van der Waals surface area contributed by atoms with Crippen LogP contribution in [0.1, 0.15) is 219 Å². The van der Waals surface area contributed by atoms with Crippen molar-refractivity contribution in [3.63, 3.8) is 0 Å². The first-order chi connectivity index (χ1) is 42.3. The topological polar surface area (TPSA) is 307 Å². The summed E-state index contributed by atoms with van der Waals surface area (Å²) < 4.78 is 34.3. The zero-order chi connectivity index (χ0) is 63.3. The Morgan fingerprint density at radius 1 is 0.425 bits per heavy atom. The van der Waals surface area contributed by atoms with Crippen LogP contribution in [0.15, 0.2) is 72.9 Å². The Morgan fingerprint density at radius 2 is 0.805 bits per heavy atom. The molecule has 3 aliphatic rings. The lowest BCUT2D eigenvalue weighted by molar-refractivity contribution is -0.379. The molecule has 19 heteroatoms. The van der Waals surface area contributed by atoms with Crippen molar-refractivity contribution in [1.82, 2.24) is 5.32 Å². The lowest BCUT2D eigenvalue weighted by atomic mass is 9.96. The van der Waals surface area contributed by atoms with Gasteiger partial charge >= 0.3 is 0 Å². The number of amides is 1. The van der Waals surface area contributed by atoms with Crippen LogP contribution >= 0.6 is 0 Å². The second kappa shape index (κ2) is 49.9. The smallest absolute Gasteiger partial charge is 0.220 e. The van der Waals surface area contributed by atoms with E-state index in [-0.39, 0.29) is 18.9 Å². The summed E-state index contributed by atoms with van der Waals surface area (Å²) in [4.78, 5) is 13.3. The van der Waals surface area contributed by atoms with Gasteiger partial charge in [0.15, 0.2) is 18.9 Å². The Morgan fingerprint density at radius 3 is 1.29 bits per heavy atom. The van der Waals surface area contributed by atoms with Gasteiger partial charge in [-0.15, -0.1) is 0 Å². The maximum Gasteiger partial charge on any atom is 0.220 e. The highest BCUT2D eigenvalue weighted by molar-refractivity contribution is 5.76. The molecule has 0 radical (unpaired) electrons. The number of ether oxygens (including phenoxy) is 6. The van der Waals surface area contributed by atoms with Crippen molar-refractivity contribution in [3.8, 4) is 0 Å². The van der Waals surface area contributed by atoms with E-state index in [2.05, 4.69) is 79.9 Å². The fraction of sp³-hybridized carbons (Fsp3) is 0.809. The number of unbranched alkanes of at least 4 members (excludes halogenated alkanes) is 24. The first-order valence-corrected chi connectivity index (χ1v) is 33.7. The Kier molecular flexibility index (Phi) is 45.0. The SMILES string of the molecule is CC/C=C\C/C=C\C/C=C\C/C=C\CCCCC(=O)NC(COC1OC(CO)C(OC2OC(CO)C(OC3OC(CO)C(O)C(O)C3O)C(O)C2O)C(O)C1O)C(O)/C=C/CC/C=C/CCCCCCCCCCCCCCCCCCCCCCC. The Hall–Kier alpha value is -2.77. The molecule has 0 aromatic heterocycles. The third kappa shape index (κ3) is 32.4. The van der Waals surface area contributed by atoms with Gasteiger partial charge in [-0.2, -0.15) is 0 Å². The predicted molar refractivity (Wildman–Crippen MR) is 337 cm³/mol. The third-order valence-electron chi connectivity index (χ3n) is 16.5.